The van der Waals surface area contributed by atoms with Crippen LogP contribution in [0.4, 0.5) is 0 Å². The van der Waals surface area contributed by atoms with Crippen LogP contribution in [-0.4, -0.2) is 65.5 Å². The molecule has 1 amide bonds. The normalized spacial score (nSPS) is 15.4. The monoisotopic (exact) mass is 417 g/mol. The fourth-order valence-electron chi connectivity index (χ4n) is 3.36. The molecule has 1 aliphatic rings. The lowest BCUT2D eigenvalue weighted by molar-refractivity contribution is -0.139. The first-order valence-corrected chi connectivity index (χ1v) is 9.55. The van der Waals surface area contributed by atoms with Crippen molar-refractivity contribution in [3.05, 3.63) is 34.9 Å². The molecule has 0 bridgehead atoms. The third kappa shape index (κ3) is 8.05. The molecule has 6 nitrogen and oxygen atoms in total. The van der Waals surface area contributed by atoms with Gasteiger partial charge in [-0.05, 0) is 44.1 Å². The van der Waals surface area contributed by atoms with Crippen molar-refractivity contribution in [1.29, 1.82) is 0 Å². The number of carbonyl (C=O) groups excluding carboxylic acids is 1. The maximum absolute atomic E-state index is 12.1. The Labute approximate surface area is 172 Å². The first kappa shape index (κ1) is 23.7. The number of hydrogen-bond donors (Lipinski definition) is 2. The second-order valence-electron chi connectivity index (χ2n) is 6.65. The lowest BCUT2D eigenvalue weighted by Crippen LogP contribution is -2.47. The van der Waals surface area contributed by atoms with Crippen LogP contribution >= 0.6 is 24.0 Å². The maximum Gasteiger partial charge on any atom is 0.317 e. The van der Waals surface area contributed by atoms with Crippen molar-refractivity contribution < 1.29 is 14.7 Å². The summed E-state index contributed by atoms with van der Waals surface area (Å²) in [5, 5.41) is 12.6. The lowest BCUT2D eigenvalue weighted by Gasteiger charge is -2.37. The van der Waals surface area contributed by atoms with E-state index in [9.17, 15) is 9.59 Å². The number of nitrogens with one attached hydrogen (secondary N) is 1. The average Bonchev–Trinajstić information content (AvgIpc) is 2.64. The molecule has 1 heterocycles. The molecule has 2 N–H and O–H groups in total. The Morgan fingerprint density at radius 1 is 1.30 bits per heavy atom. The Hall–Kier alpha value is -1.34. The number of likely N-dealkylation sites (tertiary alicyclic amines) is 1. The Morgan fingerprint density at radius 2 is 1.96 bits per heavy atom. The number of benzene rings is 1. The van der Waals surface area contributed by atoms with Gasteiger partial charge in [-0.3, -0.25) is 14.5 Å². The van der Waals surface area contributed by atoms with E-state index in [1.54, 1.807) is 0 Å². The van der Waals surface area contributed by atoms with E-state index in [0.717, 1.165) is 44.6 Å². The molecule has 27 heavy (non-hydrogen) atoms. The molecule has 1 aliphatic heterocycles. The van der Waals surface area contributed by atoms with Gasteiger partial charge in [-0.2, -0.15) is 0 Å². The van der Waals surface area contributed by atoms with Gasteiger partial charge in [0.05, 0.1) is 6.54 Å². The molecule has 0 aliphatic carbocycles. The maximum atomic E-state index is 12.1. The summed E-state index contributed by atoms with van der Waals surface area (Å²) in [5.74, 6) is -0.752. The largest absolute Gasteiger partial charge is 0.480 e. The molecule has 0 saturated carbocycles. The van der Waals surface area contributed by atoms with E-state index in [-0.39, 0.29) is 24.9 Å². The van der Waals surface area contributed by atoms with Crippen molar-refractivity contribution in [2.45, 2.75) is 38.8 Å². The molecule has 0 atom stereocenters. The van der Waals surface area contributed by atoms with Gasteiger partial charge >= 0.3 is 5.97 Å². The Bertz CT molecular complexity index is 608. The van der Waals surface area contributed by atoms with E-state index in [1.165, 1.54) is 0 Å². The minimum Gasteiger partial charge on any atom is -0.480 e. The van der Waals surface area contributed by atoms with E-state index in [1.807, 2.05) is 36.1 Å². The molecule has 8 heteroatoms. The van der Waals surface area contributed by atoms with Crippen molar-refractivity contribution in [3.63, 3.8) is 0 Å². The number of amides is 1. The zero-order valence-electron chi connectivity index (χ0n) is 15.7. The summed E-state index contributed by atoms with van der Waals surface area (Å²) in [6, 6.07) is 7.82. The van der Waals surface area contributed by atoms with Gasteiger partial charge in [-0.1, -0.05) is 36.7 Å². The number of nitrogens with zero attached hydrogens (tertiary/aromatic N) is 2. The van der Waals surface area contributed by atoms with Crippen molar-refractivity contribution in [1.82, 2.24) is 15.1 Å². The van der Waals surface area contributed by atoms with Gasteiger partial charge in [0.1, 0.15) is 0 Å². The van der Waals surface area contributed by atoms with Gasteiger partial charge in [0.15, 0.2) is 0 Å². The zero-order chi connectivity index (χ0) is 18.9. The molecular formula is C19H29Cl2N3O3. The topological polar surface area (TPSA) is 72.9 Å². The molecule has 1 aromatic carbocycles. The fourth-order valence-corrected chi connectivity index (χ4v) is 3.57. The third-order valence-electron chi connectivity index (χ3n) is 4.91. The summed E-state index contributed by atoms with van der Waals surface area (Å²) in [6.07, 6.45) is 2.35. The molecule has 1 fully saturated rings. The first-order chi connectivity index (χ1) is 12.5. The number of likely N-dealkylation sites (N-methyl/N-ethyl adjacent to an activating group) is 1. The number of carbonyl (C=O) groups is 2. The van der Waals surface area contributed by atoms with Crippen LogP contribution < -0.4 is 5.32 Å². The highest BCUT2D eigenvalue weighted by molar-refractivity contribution is 6.31. The minimum atomic E-state index is -0.774. The van der Waals surface area contributed by atoms with Gasteiger partial charge in [-0.25, -0.2) is 0 Å². The second-order valence-corrected chi connectivity index (χ2v) is 7.05. The molecule has 2 rings (SSSR count). The molecule has 0 aromatic heterocycles. The number of piperidine rings is 1. The number of halogens is 2. The third-order valence-corrected chi connectivity index (χ3v) is 5.28. The van der Waals surface area contributed by atoms with Crippen LogP contribution in [0.3, 0.4) is 0 Å². The molecule has 1 saturated heterocycles. The van der Waals surface area contributed by atoms with Crippen LogP contribution in [0.1, 0.15) is 31.7 Å². The summed E-state index contributed by atoms with van der Waals surface area (Å²) in [7, 11) is 0. The summed E-state index contributed by atoms with van der Waals surface area (Å²) in [5.41, 5.74) is 0.918. The van der Waals surface area contributed by atoms with Gasteiger partial charge in [-0.15, -0.1) is 12.4 Å². The highest BCUT2D eigenvalue weighted by Crippen LogP contribution is 2.17. The minimum absolute atomic E-state index is 0. The van der Waals surface area contributed by atoms with Crippen LogP contribution in [0, 0.1) is 0 Å². The first-order valence-electron chi connectivity index (χ1n) is 9.18. The number of hydrogen-bond acceptors (Lipinski definition) is 4. The fraction of sp³-hybridized carbons (Fsp3) is 0.579. The van der Waals surface area contributed by atoms with Crippen molar-refractivity contribution >= 4 is 35.9 Å². The number of carboxylic acids is 1. The second kappa shape index (κ2) is 12.2. The molecule has 1 aromatic rings. The van der Waals surface area contributed by atoms with Crippen LogP contribution in [-0.2, 0) is 16.1 Å². The molecular weight excluding hydrogens is 389 g/mol. The van der Waals surface area contributed by atoms with Crippen LogP contribution in [0.2, 0.25) is 5.02 Å². The predicted octanol–water partition coefficient (Wildman–Crippen LogP) is 2.64. The molecule has 0 radical (unpaired) electrons. The van der Waals surface area contributed by atoms with E-state index in [0.29, 0.717) is 24.0 Å². The van der Waals surface area contributed by atoms with E-state index in [4.69, 9.17) is 16.7 Å². The zero-order valence-corrected chi connectivity index (χ0v) is 17.3. The van der Waals surface area contributed by atoms with Gasteiger partial charge in [0.2, 0.25) is 5.91 Å². The highest BCUT2D eigenvalue weighted by Gasteiger charge is 2.25. The summed E-state index contributed by atoms with van der Waals surface area (Å²) in [4.78, 5) is 27.3. The summed E-state index contributed by atoms with van der Waals surface area (Å²) >= 11 is 6.09. The average molecular weight is 418 g/mol. The smallest absolute Gasteiger partial charge is 0.317 e. The number of carboxylic acid groups (broad SMARTS) is 1. The molecule has 152 valence electrons. The Kier molecular flexibility index (Phi) is 10.7. The van der Waals surface area contributed by atoms with E-state index < -0.39 is 5.97 Å². The van der Waals surface area contributed by atoms with Crippen molar-refractivity contribution in [2.75, 3.05) is 32.7 Å². The summed E-state index contributed by atoms with van der Waals surface area (Å²) < 4.78 is 0. The van der Waals surface area contributed by atoms with Crippen LogP contribution in [0.15, 0.2) is 24.3 Å². The van der Waals surface area contributed by atoms with Gasteiger partial charge in [0, 0.05) is 30.6 Å². The van der Waals surface area contributed by atoms with Gasteiger partial charge in [0.25, 0.3) is 0 Å². The van der Waals surface area contributed by atoms with Gasteiger partial charge < -0.3 is 15.3 Å². The van der Waals surface area contributed by atoms with E-state index >= 15 is 0 Å². The Morgan fingerprint density at radius 3 is 2.56 bits per heavy atom. The molecule has 0 spiro atoms. The number of aliphatic carboxylic acids is 1. The van der Waals surface area contributed by atoms with Crippen LogP contribution in [0.5, 0.6) is 0 Å². The molecule has 0 unspecified atom stereocenters. The van der Waals surface area contributed by atoms with Crippen molar-refractivity contribution in [2.24, 2.45) is 0 Å². The predicted molar refractivity (Wildman–Crippen MR) is 110 cm³/mol. The standard InChI is InChI=1S/C19H28ClN3O3.ClH/c1-2-23(14-19(25)26)16-7-10-22(11-8-16)12-9-18(24)21-13-15-5-3-4-6-17(15)20;/h3-6,16H,2,7-14H2,1H3,(H,21,24)(H,25,26);1H. The van der Waals surface area contributed by atoms with E-state index in [2.05, 4.69) is 10.2 Å². The SMILES string of the molecule is CCN(CC(=O)O)C1CCN(CCC(=O)NCc2ccccc2Cl)CC1.Cl. The Balaban J connectivity index is 0.00000364. The quantitative estimate of drug-likeness (QED) is 0.645. The lowest BCUT2D eigenvalue weighted by atomic mass is 10.0. The van der Waals surface area contributed by atoms with Crippen molar-refractivity contribution in [3.8, 4) is 0 Å². The van der Waals surface area contributed by atoms with Crippen LogP contribution in [0.25, 0.3) is 0 Å². The highest BCUT2D eigenvalue weighted by atomic mass is 35.5. The summed E-state index contributed by atoms with van der Waals surface area (Å²) in [6.45, 7) is 5.83. The number of rotatable bonds is 9.